The first-order valence-corrected chi connectivity index (χ1v) is 30.4. The van der Waals surface area contributed by atoms with Crippen molar-refractivity contribution < 1.29 is 0 Å². The van der Waals surface area contributed by atoms with Gasteiger partial charge in [0.1, 0.15) is 0 Å². The smallest absolute Gasteiger partial charge is 0.0545 e. The summed E-state index contributed by atoms with van der Waals surface area (Å²) in [6.45, 7) is 18.7. The van der Waals surface area contributed by atoms with Crippen LogP contribution in [0.2, 0.25) is 0 Å². The molecule has 0 spiro atoms. The molecule has 3 nitrogen and oxygen atoms in total. The lowest BCUT2D eigenvalue weighted by Gasteiger charge is -2.46. The summed E-state index contributed by atoms with van der Waals surface area (Å²) in [4.78, 5) is 5.27. The van der Waals surface area contributed by atoms with Gasteiger partial charge in [-0.1, -0.05) is 231 Å². The Morgan fingerprint density at radius 1 is 0.341 bits per heavy atom. The number of para-hydroxylation sites is 2. The van der Waals surface area contributed by atoms with Crippen molar-refractivity contribution in [2.75, 3.05) is 9.80 Å². The highest BCUT2D eigenvalue weighted by Gasteiger charge is 2.43. The topological polar surface area (TPSA) is 11.4 Å². The molecule has 1 unspecified atom stereocenters. The van der Waals surface area contributed by atoms with Crippen LogP contribution in [0.4, 0.5) is 34.1 Å². The van der Waals surface area contributed by atoms with E-state index in [9.17, 15) is 0 Å². The summed E-state index contributed by atoms with van der Waals surface area (Å²) < 4.78 is 2.53. The van der Waals surface area contributed by atoms with Crippen LogP contribution in [0.3, 0.4) is 0 Å². The lowest BCUT2D eigenvalue weighted by molar-refractivity contribution is 0.589. The Hall–Kier alpha value is -9.70. The zero-order valence-corrected chi connectivity index (χ0v) is 49.7. The van der Waals surface area contributed by atoms with Crippen molar-refractivity contribution in [3.05, 3.63) is 282 Å². The summed E-state index contributed by atoms with van der Waals surface area (Å²) in [5.74, 6) is 0.205. The van der Waals surface area contributed by atoms with E-state index in [-0.39, 0.29) is 16.7 Å². The minimum Gasteiger partial charge on any atom is -0.310 e. The molecule has 0 saturated heterocycles. The average Bonchev–Trinajstić information content (AvgIpc) is 1.20. The lowest BCUT2D eigenvalue weighted by Crippen LogP contribution is -2.30. The number of rotatable bonds is 7. The second kappa shape index (κ2) is 18.9. The van der Waals surface area contributed by atoms with Crippen molar-refractivity contribution in [2.45, 2.75) is 78.1 Å². The molecule has 85 heavy (non-hydrogen) atoms. The number of benzene rings is 13. The molecule has 13 aromatic carbocycles. The molecule has 0 N–H and O–H groups in total. The quantitative estimate of drug-likeness (QED) is 0.147. The van der Waals surface area contributed by atoms with E-state index in [1.54, 1.807) is 0 Å². The van der Waals surface area contributed by atoms with E-state index >= 15 is 0 Å². The number of hydrogen-bond acceptors (Lipinski definition) is 2. The van der Waals surface area contributed by atoms with Crippen molar-refractivity contribution in [3.63, 3.8) is 0 Å². The minimum absolute atomic E-state index is 0.0268. The molecule has 1 atom stereocenters. The van der Waals surface area contributed by atoms with Crippen molar-refractivity contribution in [2.24, 2.45) is 0 Å². The van der Waals surface area contributed by atoms with Crippen LogP contribution in [0.5, 0.6) is 0 Å². The normalized spacial score (nSPS) is 14.1. The van der Waals surface area contributed by atoms with Gasteiger partial charge in [-0.25, -0.2) is 0 Å². The van der Waals surface area contributed by atoms with Crippen molar-refractivity contribution in [3.8, 4) is 39.1 Å². The molecule has 0 amide bonds. The summed E-state index contributed by atoms with van der Waals surface area (Å²) in [5.41, 5.74) is 25.4. The molecule has 3 heteroatoms. The first-order chi connectivity index (χ1) is 41.2. The van der Waals surface area contributed by atoms with Gasteiger partial charge in [0.25, 0.3) is 0 Å². The molecule has 2 aliphatic rings. The summed E-state index contributed by atoms with van der Waals surface area (Å²) in [5, 5.41) is 10.2. The Labute approximate surface area is 499 Å². The second-order valence-corrected chi connectivity index (χ2v) is 26.3. The van der Waals surface area contributed by atoms with E-state index in [0.29, 0.717) is 5.92 Å². The van der Waals surface area contributed by atoms with E-state index in [1.165, 1.54) is 144 Å². The molecule has 0 saturated carbocycles. The molecular weight excluding hydrogens is 1030 g/mol. The Morgan fingerprint density at radius 2 is 0.906 bits per heavy atom. The highest BCUT2D eigenvalue weighted by Crippen LogP contribution is 2.63. The molecule has 0 bridgehead atoms. The fourth-order valence-corrected chi connectivity index (χ4v) is 14.4. The molecule has 0 radical (unpaired) electrons. The number of aromatic nitrogens is 1. The predicted octanol–water partition coefficient (Wildman–Crippen LogP) is 23.1. The van der Waals surface area contributed by atoms with Crippen LogP contribution in [0.25, 0.3) is 93.2 Å². The van der Waals surface area contributed by atoms with Crippen LogP contribution in [0.15, 0.2) is 249 Å². The van der Waals surface area contributed by atoms with Crippen LogP contribution in [0.1, 0.15) is 101 Å². The molecule has 0 fully saturated rings. The minimum atomic E-state index is -0.111. The van der Waals surface area contributed by atoms with Gasteiger partial charge >= 0.3 is 0 Å². The van der Waals surface area contributed by atoms with Gasteiger partial charge in [-0.3, -0.25) is 0 Å². The van der Waals surface area contributed by atoms with Crippen LogP contribution in [0, 0.1) is 0 Å². The molecular formula is C82H67N3. The average molecular weight is 1090 g/mol. The molecule has 14 aromatic rings. The Kier molecular flexibility index (Phi) is 11.3. The van der Waals surface area contributed by atoms with E-state index < -0.39 is 0 Å². The van der Waals surface area contributed by atoms with Crippen LogP contribution in [-0.4, -0.2) is 4.57 Å². The Morgan fingerprint density at radius 3 is 1.55 bits per heavy atom. The maximum Gasteiger partial charge on any atom is 0.0545 e. The monoisotopic (exact) mass is 1090 g/mol. The first kappa shape index (κ1) is 51.0. The zero-order chi connectivity index (χ0) is 57.6. The number of anilines is 6. The molecule has 2 aliphatic heterocycles. The van der Waals surface area contributed by atoms with Gasteiger partial charge in [0.05, 0.1) is 45.2 Å². The molecule has 410 valence electrons. The number of hydrogen-bond donors (Lipinski definition) is 0. The fourth-order valence-electron chi connectivity index (χ4n) is 14.4. The van der Waals surface area contributed by atoms with E-state index in [0.717, 1.165) is 17.1 Å². The first-order valence-electron chi connectivity index (χ1n) is 30.4. The number of fused-ring (bicyclic) bond motifs is 7. The van der Waals surface area contributed by atoms with Gasteiger partial charge in [0.15, 0.2) is 0 Å². The third-order valence-corrected chi connectivity index (χ3v) is 18.8. The number of nitrogens with zero attached hydrogens (tertiary/aromatic N) is 3. The van der Waals surface area contributed by atoms with E-state index in [2.05, 4.69) is 318 Å². The summed E-state index contributed by atoms with van der Waals surface area (Å²) >= 11 is 0. The van der Waals surface area contributed by atoms with Crippen molar-refractivity contribution >= 4 is 88.2 Å². The SMILES string of the molecule is CC(C)c1ccc(N2c3ccc(C(C)(C)C)cc3C3c4ccc(-c5ccccc5-c5ccccc5)cc4N(c4ccc(C(C)(C)C)cc4)c4cc(-n5c6ccccc6c6ccccc65)cc2c43)c(-c2cc3ccc4cccc5ccc(c2)c3c45)c1. The van der Waals surface area contributed by atoms with E-state index in [1.807, 2.05) is 0 Å². The lowest BCUT2D eigenvalue weighted by atomic mass is 9.73. The maximum absolute atomic E-state index is 2.66. The van der Waals surface area contributed by atoms with Gasteiger partial charge in [-0.05, 0) is 177 Å². The fraction of sp³-hybridized carbons (Fsp3) is 0.146. The van der Waals surface area contributed by atoms with Gasteiger partial charge in [-0.2, -0.15) is 0 Å². The summed E-state index contributed by atoms with van der Waals surface area (Å²) in [6.07, 6.45) is 0. The molecule has 0 aliphatic carbocycles. The maximum atomic E-state index is 2.66. The van der Waals surface area contributed by atoms with Crippen LogP contribution >= 0.6 is 0 Å². The highest BCUT2D eigenvalue weighted by atomic mass is 15.2. The van der Waals surface area contributed by atoms with Gasteiger partial charge in [0.2, 0.25) is 0 Å². The second-order valence-electron chi connectivity index (χ2n) is 26.3. The molecule has 16 rings (SSSR count). The van der Waals surface area contributed by atoms with Crippen LogP contribution in [-0.2, 0) is 10.8 Å². The largest absolute Gasteiger partial charge is 0.310 e. The summed E-state index contributed by atoms with van der Waals surface area (Å²) in [6, 6.07) is 95.2. The molecule has 3 heterocycles. The van der Waals surface area contributed by atoms with E-state index in [4.69, 9.17) is 0 Å². The van der Waals surface area contributed by atoms with Gasteiger partial charge in [0, 0.05) is 33.5 Å². The Balaban J connectivity index is 1.04. The standard InChI is InChI=1S/C82H67N3/c1-50(2)54-34-41-72(68(45-54)58-43-56-31-29-52-21-18-22-53-30-32-57(44-58)78(56)77(52)53)85-73-42-37-60(82(6,7)8)47-69(73)79-67-40-33-55(64-24-13-12-23-63(64)51-19-10-9-11-20-51)46-74(67)83(61-38-35-59(36-39-61)81(3,4)5)75-48-62(49-76(85)80(75)79)84-70-27-16-14-25-65(70)66-26-15-17-28-71(66)84/h9-50,79H,1-8H3. The highest BCUT2D eigenvalue weighted by molar-refractivity contribution is 6.24. The third kappa shape index (κ3) is 8.00. The van der Waals surface area contributed by atoms with Crippen LogP contribution < -0.4 is 9.80 Å². The Bertz CT molecular complexity index is 4890. The van der Waals surface area contributed by atoms with Crippen molar-refractivity contribution in [1.29, 1.82) is 0 Å². The zero-order valence-electron chi connectivity index (χ0n) is 49.7. The predicted molar refractivity (Wildman–Crippen MR) is 363 cm³/mol. The summed E-state index contributed by atoms with van der Waals surface area (Å²) in [7, 11) is 0. The van der Waals surface area contributed by atoms with Gasteiger partial charge in [-0.15, -0.1) is 0 Å². The van der Waals surface area contributed by atoms with Gasteiger partial charge < -0.3 is 14.4 Å². The third-order valence-electron chi connectivity index (χ3n) is 18.8. The van der Waals surface area contributed by atoms with Crippen molar-refractivity contribution in [1.82, 2.24) is 4.57 Å². The molecule has 1 aromatic heterocycles.